The van der Waals surface area contributed by atoms with Crippen LogP contribution in [0.15, 0.2) is 42.5 Å². The summed E-state index contributed by atoms with van der Waals surface area (Å²) in [6.07, 6.45) is 6.96. The van der Waals surface area contributed by atoms with Gasteiger partial charge in [-0.3, -0.25) is 10.1 Å². The fraction of sp³-hybridized carbons (Fsp3) is 0.516. The Labute approximate surface area is 231 Å². The molecule has 1 aliphatic carbocycles. The van der Waals surface area contributed by atoms with Gasteiger partial charge in [-0.2, -0.15) is 0 Å². The highest BCUT2D eigenvalue weighted by Gasteiger charge is 2.33. The molecule has 2 fully saturated rings. The quantitative estimate of drug-likeness (QED) is 0.411. The van der Waals surface area contributed by atoms with Crippen molar-refractivity contribution >= 4 is 28.7 Å². The average molecular weight is 532 g/mol. The second kappa shape index (κ2) is 12.6. The third kappa shape index (κ3) is 6.11. The van der Waals surface area contributed by atoms with E-state index in [1.807, 2.05) is 17.0 Å². The highest BCUT2D eigenvalue weighted by molar-refractivity contribution is 5.92. The Balaban J connectivity index is 1.55. The van der Waals surface area contributed by atoms with Gasteiger partial charge in [0.25, 0.3) is 0 Å². The molecule has 39 heavy (non-hydrogen) atoms. The van der Waals surface area contributed by atoms with Crippen molar-refractivity contribution in [3.63, 3.8) is 0 Å². The number of carbonyl (C=O) groups is 2. The van der Waals surface area contributed by atoms with Crippen LogP contribution in [-0.4, -0.2) is 59.7 Å². The van der Waals surface area contributed by atoms with Crippen LogP contribution in [0.25, 0.3) is 11.0 Å². The maximum absolute atomic E-state index is 13.5. The topological polar surface area (TPSA) is 88.5 Å². The van der Waals surface area contributed by atoms with Crippen LogP contribution in [-0.2, 0) is 22.4 Å². The van der Waals surface area contributed by atoms with E-state index in [0.29, 0.717) is 5.91 Å². The standard InChI is InChI=1S/C31H41N5O3/c1-3-4-13-25-26(33-31(38)39-2)14-15-27-29(25)34-28(20-22-9-6-5-7-10-22)36(27)24-12-8-11-23(21-24)30(37)35-18-16-32-17-19-35/h5-7,9-10,14-15,23-24,32H,3-4,8,11-13,16-21H2,1-2H3,(H,33,38)/t23-,24-/m1/s1. The van der Waals surface area contributed by atoms with E-state index in [1.165, 1.54) is 12.7 Å². The number of carbonyl (C=O) groups excluding carboxylic acids is 2. The monoisotopic (exact) mass is 531 g/mol. The largest absolute Gasteiger partial charge is 0.453 e. The van der Waals surface area contributed by atoms with Crippen LogP contribution >= 0.6 is 0 Å². The van der Waals surface area contributed by atoms with Crippen LogP contribution in [0.1, 0.15) is 68.4 Å². The van der Waals surface area contributed by atoms with E-state index in [0.717, 1.165) is 106 Å². The van der Waals surface area contributed by atoms with Crippen molar-refractivity contribution in [2.45, 2.75) is 64.3 Å². The van der Waals surface area contributed by atoms with Crippen molar-refractivity contribution in [2.24, 2.45) is 5.92 Å². The number of ether oxygens (including phenoxy) is 1. The lowest BCUT2D eigenvalue weighted by molar-refractivity contribution is -0.137. The van der Waals surface area contributed by atoms with E-state index < -0.39 is 6.09 Å². The molecule has 2 heterocycles. The minimum atomic E-state index is -0.474. The maximum Gasteiger partial charge on any atom is 0.411 e. The number of methoxy groups -OCH3 is 1. The first-order valence-electron chi connectivity index (χ1n) is 14.5. The Morgan fingerprint density at radius 2 is 1.90 bits per heavy atom. The minimum absolute atomic E-state index is 0.0451. The summed E-state index contributed by atoms with van der Waals surface area (Å²) in [5.41, 5.74) is 5.05. The Hall–Kier alpha value is -3.39. The van der Waals surface area contributed by atoms with Gasteiger partial charge in [-0.25, -0.2) is 9.78 Å². The SMILES string of the molecule is CCCCc1c(NC(=O)OC)ccc2c1nc(Cc1ccccc1)n2[C@@H]1CCC[C@@H](C(=O)N2CCNCC2)C1. The van der Waals surface area contributed by atoms with E-state index in [2.05, 4.69) is 52.5 Å². The molecule has 1 aliphatic heterocycles. The van der Waals surface area contributed by atoms with Crippen molar-refractivity contribution < 1.29 is 14.3 Å². The molecule has 2 amide bonds. The van der Waals surface area contributed by atoms with Gasteiger partial charge in [0, 0.05) is 55.8 Å². The van der Waals surface area contributed by atoms with Crippen molar-refractivity contribution in [1.82, 2.24) is 19.8 Å². The van der Waals surface area contributed by atoms with E-state index >= 15 is 0 Å². The first-order chi connectivity index (χ1) is 19.1. The summed E-state index contributed by atoms with van der Waals surface area (Å²) < 4.78 is 7.31. The van der Waals surface area contributed by atoms with Crippen molar-refractivity contribution in [3.05, 3.63) is 59.4 Å². The lowest BCUT2D eigenvalue weighted by Crippen LogP contribution is -2.49. The fourth-order valence-electron chi connectivity index (χ4n) is 6.23. The second-order valence-electron chi connectivity index (χ2n) is 10.8. The van der Waals surface area contributed by atoms with Crippen molar-refractivity contribution in [1.29, 1.82) is 0 Å². The summed E-state index contributed by atoms with van der Waals surface area (Å²) in [6, 6.07) is 14.7. The molecule has 5 rings (SSSR count). The van der Waals surface area contributed by atoms with Gasteiger partial charge in [0.05, 0.1) is 18.1 Å². The molecule has 0 spiro atoms. The van der Waals surface area contributed by atoms with Gasteiger partial charge in [0.15, 0.2) is 0 Å². The lowest BCUT2D eigenvalue weighted by atomic mass is 9.84. The number of nitrogens with one attached hydrogen (secondary N) is 2. The molecule has 208 valence electrons. The molecule has 1 aromatic heterocycles. The van der Waals surface area contributed by atoms with Gasteiger partial charge in [-0.15, -0.1) is 0 Å². The number of hydrogen-bond donors (Lipinski definition) is 2. The molecule has 3 aromatic rings. The number of piperazine rings is 1. The van der Waals surface area contributed by atoms with Crippen LogP contribution in [0.4, 0.5) is 10.5 Å². The highest BCUT2D eigenvalue weighted by atomic mass is 16.5. The number of aromatic nitrogens is 2. The predicted molar refractivity (Wildman–Crippen MR) is 154 cm³/mol. The van der Waals surface area contributed by atoms with Gasteiger partial charge in [0.1, 0.15) is 5.82 Å². The first-order valence-corrected chi connectivity index (χ1v) is 14.5. The molecule has 2 N–H and O–H groups in total. The van der Waals surface area contributed by atoms with E-state index in [1.54, 1.807) is 0 Å². The molecule has 2 atom stereocenters. The zero-order valence-corrected chi connectivity index (χ0v) is 23.2. The molecule has 1 saturated carbocycles. The minimum Gasteiger partial charge on any atom is -0.453 e. The summed E-state index contributed by atoms with van der Waals surface area (Å²) in [5.74, 6) is 1.37. The normalized spacial score (nSPS) is 19.7. The first kappa shape index (κ1) is 27.2. The van der Waals surface area contributed by atoms with Crippen LogP contribution < -0.4 is 10.6 Å². The molecule has 1 saturated heterocycles. The van der Waals surface area contributed by atoms with E-state index in [4.69, 9.17) is 9.72 Å². The molecule has 2 aromatic carbocycles. The molecule has 8 nitrogen and oxygen atoms in total. The predicted octanol–water partition coefficient (Wildman–Crippen LogP) is 5.31. The molecular weight excluding hydrogens is 490 g/mol. The molecule has 0 radical (unpaired) electrons. The Morgan fingerprint density at radius 1 is 1.10 bits per heavy atom. The van der Waals surface area contributed by atoms with Gasteiger partial charge in [0.2, 0.25) is 5.91 Å². The number of hydrogen-bond acceptors (Lipinski definition) is 5. The number of unbranched alkanes of at least 4 members (excludes halogenated alkanes) is 1. The molecular formula is C31H41N5O3. The van der Waals surface area contributed by atoms with Gasteiger partial charge < -0.3 is 19.5 Å². The smallest absolute Gasteiger partial charge is 0.411 e. The summed E-state index contributed by atoms with van der Waals surface area (Å²) in [6.45, 7) is 5.51. The number of fused-ring (bicyclic) bond motifs is 1. The number of benzene rings is 2. The number of nitrogens with zero attached hydrogens (tertiary/aromatic N) is 3. The number of rotatable bonds is 8. The summed E-state index contributed by atoms with van der Waals surface area (Å²) in [5, 5.41) is 6.27. The van der Waals surface area contributed by atoms with Crippen LogP contribution in [0.5, 0.6) is 0 Å². The number of imidazole rings is 1. The van der Waals surface area contributed by atoms with Crippen molar-refractivity contribution in [2.75, 3.05) is 38.6 Å². The van der Waals surface area contributed by atoms with E-state index in [9.17, 15) is 9.59 Å². The molecule has 8 heteroatoms. The Morgan fingerprint density at radius 3 is 2.64 bits per heavy atom. The average Bonchev–Trinajstić information content (AvgIpc) is 3.35. The fourth-order valence-corrected chi connectivity index (χ4v) is 6.23. The van der Waals surface area contributed by atoms with Gasteiger partial charge >= 0.3 is 6.09 Å². The summed E-state index contributed by atoms with van der Waals surface area (Å²) in [7, 11) is 1.38. The zero-order chi connectivity index (χ0) is 27.2. The number of anilines is 1. The third-order valence-electron chi connectivity index (χ3n) is 8.24. The van der Waals surface area contributed by atoms with Crippen LogP contribution in [0, 0.1) is 5.92 Å². The molecule has 2 aliphatic rings. The number of aryl methyl sites for hydroxylation is 1. The Bertz CT molecular complexity index is 1280. The van der Waals surface area contributed by atoms with Gasteiger partial charge in [-0.1, -0.05) is 50.1 Å². The summed E-state index contributed by atoms with van der Waals surface area (Å²) in [4.78, 5) is 32.9. The molecule has 0 bridgehead atoms. The Kier molecular flexibility index (Phi) is 8.81. The van der Waals surface area contributed by atoms with Gasteiger partial charge in [-0.05, 0) is 49.8 Å². The molecule has 0 unspecified atom stereocenters. The highest BCUT2D eigenvalue weighted by Crippen LogP contribution is 2.39. The maximum atomic E-state index is 13.5. The zero-order valence-electron chi connectivity index (χ0n) is 23.2. The van der Waals surface area contributed by atoms with E-state index in [-0.39, 0.29) is 12.0 Å². The lowest BCUT2D eigenvalue weighted by Gasteiger charge is -2.35. The number of amides is 2. The third-order valence-corrected chi connectivity index (χ3v) is 8.24. The van der Waals surface area contributed by atoms with Crippen molar-refractivity contribution in [3.8, 4) is 0 Å². The van der Waals surface area contributed by atoms with Crippen LogP contribution in [0.2, 0.25) is 0 Å². The second-order valence-corrected chi connectivity index (χ2v) is 10.8. The summed E-state index contributed by atoms with van der Waals surface area (Å²) >= 11 is 0. The van der Waals surface area contributed by atoms with Crippen LogP contribution in [0.3, 0.4) is 0 Å².